The summed E-state index contributed by atoms with van der Waals surface area (Å²) in [6, 6.07) is 7.78. The van der Waals surface area contributed by atoms with Gasteiger partial charge in [0, 0.05) is 17.2 Å². The van der Waals surface area contributed by atoms with Crippen molar-refractivity contribution in [2.24, 2.45) is 5.92 Å². The van der Waals surface area contributed by atoms with Crippen LogP contribution in [0.4, 0.5) is 17.3 Å². The summed E-state index contributed by atoms with van der Waals surface area (Å²) >= 11 is 2.28. The first-order valence-electron chi connectivity index (χ1n) is 9.41. The highest BCUT2D eigenvalue weighted by molar-refractivity contribution is 14.1. The summed E-state index contributed by atoms with van der Waals surface area (Å²) in [5.41, 5.74) is 1.89. The molecule has 0 saturated heterocycles. The van der Waals surface area contributed by atoms with Crippen molar-refractivity contribution in [3.63, 3.8) is 0 Å². The zero-order valence-corrected chi connectivity index (χ0v) is 18.0. The number of benzene rings is 1. The van der Waals surface area contributed by atoms with E-state index < -0.39 is 24.2 Å². The van der Waals surface area contributed by atoms with Gasteiger partial charge in [0.2, 0.25) is 5.91 Å². The van der Waals surface area contributed by atoms with Crippen LogP contribution in [0.3, 0.4) is 0 Å². The molecule has 1 saturated carbocycles. The molecule has 4 rings (SSSR count). The molecule has 1 amide bonds. The van der Waals surface area contributed by atoms with Crippen LogP contribution in [-0.2, 0) is 11.3 Å². The highest BCUT2D eigenvalue weighted by Crippen LogP contribution is 2.40. The maximum absolute atomic E-state index is 12.0. The third kappa shape index (κ3) is 3.83. The fourth-order valence-electron chi connectivity index (χ4n) is 4.00. The van der Waals surface area contributed by atoms with Gasteiger partial charge in [0.1, 0.15) is 18.1 Å². The monoisotopic (exact) mass is 510 g/mol. The van der Waals surface area contributed by atoms with Crippen molar-refractivity contribution < 1.29 is 15.0 Å². The predicted octanol–water partition coefficient (Wildman–Crippen LogP) is 0.739. The second-order valence-electron chi connectivity index (χ2n) is 7.21. The summed E-state index contributed by atoms with van der Waals surface area (Å²) in [6.07, 6.45) is -0.325. The summed E-state index contributed by atoms with van der Waals surface area (Å²) < 4.78 is 1.17. The number of hydrogen-bond acceptors (Lipinski definition) is 8. The lowest BCUT2D eigenvalue weighted by molar-refractivity contribution is -0.128. The van der Waals surface area contributed by atoms with Crippen molar-refractivity contribution in [1.29, 1.82) is 0 Å². The zero-order chi connectivity index (χ0) is 20.5. The Bertz CT molecular complexity index is 913. The quantitative estimate of drug-likeness (QED) is 0.374. The highest BCUT2D eigenvalue weighted by atomic mass is 127. The van der Waals surface area contributed by atoms with Gasteiger partial charge in [-0.2, -0.15) is 0 Å². The number of carbonyl (C=O) groups is 1. The molecule has 1 aromatic carbocycles. The van der Waals surface area contributed by atoms with Crippen LogP contribution in [0.1, 0.15) is 12.0 Å². The molecule has 1 aliphatic carbocycles. The topological polar surface area (TPSA) is 123 Å². The summed E-state index contributed by atoms with van der Waals surface area (Å²) in [7, 11) is 1.53. The molecule has 9 nitrogen and oxygen atoms in total. The van der Waals surface area contributed by atoms with E-state index in [-0.39, 0.29) is 5.91 Å². The van der Waals surface area contributed by atoms with E-state index in [1.54, 1.807) is 0 Å². The van der Waals surface area contributed by atoms with Crippen LogP contribution < -0.4 is 20.9 Å². The van der Waals surface area contributed by atoms with Gasteiger partial charge in [-0.3, -0.25) is 4.79 Å². The minimum Gasteiger partial charge on any atom is -0.390 e. The molecule has 4 atom stereocenters. The molecule has 0 spiro atoms. The molecule has 0 radical (unpaired) electrons. The largest absolute Gasteiger partial charge is 0.390 e. The molecule has 29 heavy (non-hydrogen) atoms. The third-order valence-corrected chi connectivity index (χ3v) is 6.18. The van der Waals surface area contributed by atoms with Crippen LogP contribution >= 0.6 is 22.6 Å². The molecule has 10 heteroatoms. The number of aromatic nitrogens is 2. The van der Waals surface area contributed by atoms with Crippen molar-refractivity contribution in [3.05, 3.63) is 39.7 Å². The minimum absolute atomic E-state index is 0.269. The Morgan fingerprint density at radius 1 is 1.34 bits per heavy atom. The molecule has 154 valence electrons. The molecule has 2 aromatic rings. The summed E-state index contributed by atoms with van der Waals surface area (Å²) in [5, 5.41) is 30.0. The lowest BCUT2D eigenvalue weighted by Gasteiger charge is -2.27. The highest BCUT2D eigenvalue weighted by Gasteiger charge is 2.48. The standard InChI is InChI=1S/C19H23IN6O3/c1-21-19(29)12-6-13(16(28)15(12)27)26-9-25-14-17(23-8-24-18(14)26)22-7-10-3-2-4-11(20)5-10/h2-5,8,12-13,15-16,25,27-28H,6-7,9H2,1H3,(H,21,29)(H,22,23,24)/t12-,13+,15+,16-/m0/s1. The van der Waals surface area contributed by atoms with Crippen LogP contribution in [0.25, 0.3) is 0 Å². The molecular formula is C19H23IN6O3. The normalized spacial score (nSPS) is 25.4. The van der Waals surface area contributed by atoms with Crippen LogP contribution in [0.15, 0.2) is 30.6 Å². The van der Waals surface area contributed by atoms with Crippen molar-refractivity contribution >= 4 is 45.8 Å². The maximum atomic E-state index is 12.0. The van der Waals surface area contributed by atoms with Crippen molar-refractivity contribution in [2.75, 3.05) is 29.2 Å². The second kappa shape index (κ2) is 8.28. The smallest absolute Gasteiger partial charge is 0.225 e. The molecular weight excluding hydrogens is 487 g/mol. The molecule has 1 fully saturated rings. The van der Waals surface area contributed by atoms with Crippen LogP contribution in [-0.4, -0.2) is 58.1 Å². The predicted molar refractivity (Wildman–Crippen MR) is 117 cm³/mol. The summed E-state index contributed by atoms with van der Waals surface area (Å²) in [4.78, 5) is 22.6. The molecule has 0 unspecified atom stereocenters. The molecule has 1 aliphatic heterocycles. The SMILES string of the molecule is CNC(=O)[C@H]1C[C@@H](N2CNc3c(NCc4cccc(I)c4)ncnc32)[C@H](O)[C@@H]1O. The van der Waals surface area contributed by atoms with Crippen molar-refractivity contribution in [3.8, 4) is 0 Å². The first-order chi connectivity index (χ1) is 14.0. The Kier molecular flexibility index (Phi) is 5.74. The molecule has 2 heterocycles. The van der Waals surface area contributed by atoms with Gasteiger partial charge in [-0.05, 0) is 46.7 Å². The molecule has 0 bridgehead atoms. The van der Waals surface area contributed by atoms with Gasteiger partial charge < -0.3 is 31.1 Å². The first kappa shape index (κ1) is 20.1. The van der Waals surface area contributed by atoms with E-state index in [0.717, 1.165) is 11.3 Å². The van der Waals surface area contributed by atoms with Crippen LogP contribution in [0.2, 0.25) is 0 Å². The third-order valence-electron chi connectivity index (χ3n) is 5.51. The summed E-state index contributed by atoms with van der Waals surface area (Å²) in [5.74, 6) is 0.407. The van der Waals surface area contributed by atoms with E-state index in [1.165, 1.54) is 16.9 Å². The number of anilines is 3. The lowest BCUT2D eigenvalue weighted by atomic mass is 10.1. The second-order valence-corrected chi connectivity index (χ2v) is 8.46. The Morgan fingerprint density at radius 3 is 2.93 bits per heavy atom. The Morgan fingerprint density at radius 2 is 2.17 bits per heavy atom. The Balaban J connectivity index is 1.52. The average molecular weight is 510 g/mol. The maximum Gasteiger partial charge on any atom is 0.225 e. The van der Waals surface area contributed by atoms with Crippen molar-refractivity contribution in [1.82, 2.24) is 15.3 Å². The van der Waals surface area contributed by atoms with Gasteiger partial charge in [0.05, 0.1) is 24.7 Å². The molecule has 1 aromatic heterocycles. The number of fused-ring (bicyclic) bond motifs is 1. The van der Waals surface area contributed by atoms with Gasteiger partial charge >= 0.3 is 0 Å². The van der Waals surface area contributed by atoms with E-state index in [0.29, 0.717) is 31.3 Å². The number of nitrogens with one attached hydrogen (secondary N) is 3. The number of carbonyl (C=O) groups excluding carboxylic acids is 1. The van der Waals surface area contributed by atoms with Gasteiger partial charge in [-0.15, -0.1) is 0 Å². The van der Waals surface area contributed by atoms with Gasteiger partial charge in [0.25, 0.3) is 0 Å². The number of halogens is 1. The number of nitrogens with zero attached hydrogens (tertiary/aromatic N) is 3. The van der Waals surface area contributed by atoms with E-state index >= 15 is 0 Å². The number of amides is 1. The van der Waals surface area contributed by atoms with Crippen LogP contribution in [0, 0.1) is 9.49 Å². The van der Waals surface area contributed by atoms with E-state index in [4.69, 9.17) is 0 Å². The Labute approximate surface area is 182 Å². The Hall–Kier alpha value is -2.18. The number of hydrogen-bond donors (Lipinski definition) is 5. The number of aliphatic hydroxyl groups is 2. The number of rotatable bonds is 5. The first-order valence-corrected chi connectivity index (χ1v) is 10.5. The van der Waals surface area contributed by atoms with E-state index in [2.05, 4.69) is 54.6 Å². The fourth-order valence-corrected chi connectivity index (χ4v) is 4.61. The fraction of sp³-hybridized carbons (Fsp3) is 0.421. The van der Waals surface area contributed by atoms with Gasteiger partial charge in [0.15, 0.2) is 11.6 Å². The van der Waals surface area contributed by atoms with Crippen LogP contribution in [0.5, 0.6) is 0 Å². The lowest BCUT2D eigenvalue weighted by Crippen LogP contribution is -2.44. The molecule has 2 aliphatic rings. The van der Waals surface area contributed by atoms with E-state index in [1.807, 2.05) is 23.1 Å². The van der Waals surface area contributed by atoms with E-state index in [9.17, 15) is 15.0 Å². The zero-order valence-electron chi connectivity index (χ0n) is 15.8. The summed E-state index contributed by atoms with van der Waals surface area (Å²) in [6.45, 7) is 1.03. The molecule has 5 N–H and O–H groups in total. The minimum atomic E-state index is -1.11. The van der Waals surface area contributed by atoms with Gasteiger partial charge in [-0.25, -0.2) is 9.97 Å². The number of aliphatic hydroxyl groups excluding tert-OH is 2. The average Bonchev–Trinajstić information content (AvgIpc) is 3.28. The van der Waals surface area contributed by atoms with Gasteiger partial charge in [-0.1, -0.05) is 12.1 Å². The van der Waals surface area contributed by atoms with Crippen molar-refractivity contribution in [2.45, 2.75) is 31.2 Å².